The van der Waals surface area contributed by atoms with Crippen LogP contribution in [0.4, 0.5) is 0 Å². The van der Waals surface area contributed by atoms with Gasteiger partial charge in [-0.05, 0) is 74.8 Å². The molecule has 0 spiro atoms. The summed E-state index contributed by atoms with van der Waals surface area (Å²) >= 11 is 6.54. The van der Waals surface area contributed by atoms with E-state index in [1.54, 1.807) is 12.1 Å². The maximum atomic E-state index is 13.0. The molecule has 2 fully saturated rings. The maximum absolute atomic E-state index is 13.0. The van der Waals surface area contributed by atoms with Crippen molar-refractivity contribution in [3.63, 3.8) is 0 Å². The molecular formula is C26H31ClN2O3. The first kappa shape index (κ1) is 22.8. The third-order valence-electron chi connectivity index (χ3n) is 6.90. The second kappa shape index (κ2) is 9.63. The number of hydrogen-bond acceptors (Lipinski definition) is 3. The first-order chi connectivity index (χ1) is 15.3. The Bertz CT molecular complexity index is 966. The molecule has 1 saturated carbocycles. The highest BCUT2D eigenvalue weighted by atomic mass is 35.5. The number of rotatable bonds is 6. The van der Waals surface area contributed by atoms with Crippen LogP contribution in [0.5, 0.6) is 0 Å². The lowest BCUT2D eigenvalue weighted by Gasteiger charge is -2.37. The van der Waals surface area contributed by atoms with Gasteiger partial charge in [0.05, 0.1) is 5.60 Å². The lowest BCUT2D eigenvalue weighted by Crippen LogP contribution is -2.43. The summed E-state index contributed by atoms with van der Waals surface area (Å²) in [7, 11) is 0. The fraction of sp³-hybridized carbons (Fsp3) is 0.462. The van der Waals surface area contributed by atoms with Crippen molar-refractivity contribution in [3.8, 4) is 0 Å². The molecule has 0 aromatic heterocycles. The van der Waals surface area contributed by atoms with Crippen LogP contribution in [0, 0.1) is 5.92 Å². The Balaban J connectivity index is 1.32. The van der Waals surface area contributed by atoms with Crippen molar-refractivity contribution in [1.82, 2.24) is 10.2 Å². The van der Waals surface area contributed by atoms with Crippen LogP contribution in [0.3, 0.4) is 0 Å². The van der Waals surface area contributed by atoms with Crippen LogP contribution in [0.25, 0.3) is 0 Å². The summed E-state index contributed by atoms with van der Waals surface area (Å²) in [6.45, 7) is 3.07. The van der Waals surface area contributed by atoms with Gasteiger partial charge in [-0.15, -0.1) is 0 Å². The van der Waals surface area contributed by atoms with E-state index in [1.165, 1.54) is 0 Å². The summed E-state index contributed by atoms with van der Waals surface area (Å²) in [6.07, 6.45) is 4.72. The fourth-order valence-electron chi connectivity index (χ4n) is 4.86. The van der Waals surface area contributed by atoms with Crippen LogP contribution in [0.1, 0.15) is 60.5 Å². The van der Waals surface area contributed by atoms with E-state index in [2.05, 4.69) is 5.32 Å². The van der Waals surface area contributed by atoms with Crippen molar-refractivity contribution in [3.05, 3.63) is 70.2 Å². The van der Waals surface area contributed by atoms with Gasteiger partial charge < -0.3 is 15.3 Å². The molecule has 0 bridgehead atoms. The molecule has 1 atom stereocenters. The van der Waals surface area contributed by atoms with Gasteiger partial charge in [-0.1, -0.05) is 41.9 Å². The molecule has 6 heteroatoms. The molecule has 2 aromatic rings. The van der Waals surface area contributed by atoms with Crippen LogP contribution in [0.2, 0.25) is 5.02 Å². The lowest BCUT2D eigenvalue weighted by molar-refractivity contribution is -0.134. The monoisotopic (exact) mass is 454 g/mol. The predicted molar refractivity (Wildman–Crippen MR) is 125 cm³/mol. The third-order valence-corrected chi connectivity index (χ3v) is 7.25. The topological polar surface area (TPSA) is 69.6 Å². The van der Waals surface area contributed by atoms with E-state index in [-0.39, 0.29) is 23.8 Å². The van der Waals surface area contributed by atoms with E-state index in [4.69, 9.17) is 11.6 Å². The zero-order chi connectivity index (χ0) is 22.7. The van der Waals surface area contributed by atoms with E-state index in [0.29, 0.717) is 23.6 Å². The summed E-state index contributed by atoms with van der Waals surface area (Å²) in [6, 6.07) is 15.2. The minimum atomic E-state index is -0.589. The Kier molecular flexibility index (Phi) is 6.87. The number of nitrogens with zero attached hydrogens (tertiary/aromatic N) is 1. The second-order valence-electron chi connectivity index (χ2n) is 9.42. The number of aliphatic hydroxyl groups is 1. The minimum Gasteiger partial charge on any atom is -0.390 e. The molecule has 1 heterocycles. The van der Waals surface area contributed by atoms with Crippen LogP contribution in [-0.4, -0.2) is 40.0 Å². The van der Waals surface area contributed by atoms with Gasteiger partial charge in [0.25, 0.3) is 5.91 Å². The van der Waals surface area contributed by atoms with Crippen molar-refractivity contribution in [2.24, 2.45) is 5.92 Å². The van der Waals surface area contributed by atoms with E-state index in [0.717, 1.165) is 49.8 Å². The van der Waals surface area contributed by atoms with Crippen molar-refractivity contribution >= 4 is 23.4 Å². The molecule has 32 heavy (non-hydrogen) atoms. The molecule has 1 unspecified atom stereocenters. The summed E-state index contributed by atoms with van der Waals surface area (Å²) in [5, 5.41) is 13.7. The van der Waals surface area contributed by atoms with Crippen LogP contribution in [-0.2, 0) is 17.8 Å². The van der Waals surface area contributed by atoms with Gasteiger partial charge >= 0.3 is 0 Å². The quantitative estimate of drug-likeness (QED) is 0.681. The number of carbonyl (C=O) groups is 2. The maximum Gasteiger partial charge on any atom is 0.251 e. The highest BCUT2D eigenvalue weighted by molar-refractivity contribution is 6.31. The Labute approximate surface area is 194 Å². The van der Waals surface area contributed by atoms with E-state index in [1.807, 2.05) is 48.2 Å². The summed E-state index contributed by atoms with van der Waals surface area (Å²) < 4.78 is 0. The molecule has 0 radical (unpaired) electrons. The highest BCUT2D eigenvalue weighted by Gasteiger charge is 2.39. The average molecular weight is 455 g/mol. The summed E-state index contributed by atoms with van der Waals surface area (Å²) in [5.41, 5.74) is 1.93. The Hall–Kier alpha value is -2.37. The average Bonchev–Trinajstić information content (AvgIpc) is 3.14. The molecule has 2 aliphatic rings. The Morgan fingerprint density at radius 2 is 1.88 bits per heavy atom. The number of halogens is 1. The second-order valence-corrected chi connectivity index (χ2v) is 9.83. The van der Waals surface area contributed by atoms with E-state index in [9.17, 15) is 14.7 Å². The zero-order valence-corrected chi connectivity index (χ0v) is 19.3. The van der Waals surface area contributed by atoms with Crippen molar-refractivity contribution in [2.75, 3.05) is 6.54 Å². The van der Waals surface area contributed by atoms with Crippen molar-refractivity contribution in [1.29, 1.82) is 0 Å². The van der Waals surface area contributed by atoms with Gasteiger partial charge in [-0.25, -0.2) is 0 Å². The van der Waals surface area contributed by atoms with Crippen LogP contribution in [0.15, 0.2) is 48.5 Å². The summed E-state index contributed by atoms with van der Waals surface area (Å²) in [5.74, 6) is 0.0528. The third kappa shape index (κ3) is 5.33. The Morgan fingerprint density at radius 3 is 2.56 bits per heavy atom. The largest absolute Gasteiger partial charge is 0.390 e. The number of carbonyl (C=O) groups excluding carboxylic acids is 2. The smallest absolute Gasteiger partial charge is 0.251 e. The molecule has 1 aliphatic heterocycles. The normalized spacial score (nSPS) is 25.7. The predicted octanol–water partition coefficient (Wildman–Crippen LogP) is 4.35. The lowest BCUT2D eigenvalue weighted by atomic mass is 9.83. The SMILES string of the molecule is CC1(O)CCC(N2CCC(Cc3ccc(CNC(=O)c4ccccc4)cc3Cl)C2=O)CC1. The molecule has 1 aliphatic carbocycles. The van der Waals surface area contributed by atoms with Gasteiger partial charge in [0, 0.05) is 35.6 Å². The van der Waals surface area contributed by atoms with E-state index >= 15 is 0 Å². The first-order valence-electron chi connectivity index (χ1n) is 11.5. The van der Waals surface area contributed by atoms with E-state index < -0.39 is 5.60 Å². The van der Waals surface area contributed by atoms with Gasteiger partial charge in [-0.3, -0.25) is 9.59 Å². The fourth-order valence-corrected chi connectivity index (χ4v) is 5.14. The summed E-state index contributed by atoms with van der Waals surface area (Å²) in [4.78, 5) is 27.3. The molecule has 5 nitrogen and oxygen atoms in total. The van der Waals surface area contributed by atoms with Gasteiger partial charge in [0.15, 0.2) is 0 Å². The molecule has 2 N–H and O–H groups in total. The molecule has 170 valence electrons. The number of amides is 2. The zero-order valence-electron chi connectivity index (χ0n) is 18.5. The van der Waals surface area contributed by atoms with Crippen LogP contribution < -0.4 is 5.32 Å². The standard InChI is InChI=1S/C26H31ClN2O3/c1-26(32)12-9-22(10-13-26)29-14-11-21(25(29)31)16-20-8-7-18(15-23(20)27)17-28-24(30)19-5-3-2-4-6-19/h2-8,15,21-22,32H,9-14,16-17H2,1H3,(H,28,30). The van der Waals surface area contributed by atoms with Crippen molar-refractivity contribution < 1.29 is 14.7 Å². The molecule has 2 amide bonds. The molecular weight excluding hydrogens is 424 g/mol. The van der Waals surface area contributed by atoms with Gasteiger partial charge in [-0.2, -0.15) is 0 Å². The van der Waals surface area contributed by atoms with Gasteiger partial charge in [0.1, 0.15) is 0 Å². The number of benzene rings is 2. The minimum absolute atomic E-state index is 0.0430. The first-order valence-corrected chi connectivity index (χ1v) is 11.8. The molecule has 1 saturated heterocycles. The number of likely N-dealkylation sites (tertiary alicyclic amines) is 1. The van der Waals surface area contributed by atoms with Crippen LogP contribution >= 0.6 is 11.6 Å². The number of hydrogen-bond donors (Lipinski definition) is 2. The van der Waals surface area contributed by atoms with Gasteiger partial charge in [0.2, 0.25) is 5.91 Å². The highest BCUT2D eigenvalue weighted by Crippen LogP contribution is 2.35. The van der Waals surface area contributed by atoms with Crippen molar-refractivity contribution in [2.45, 2.75) is 63.6 Å². The molecule has 2 aromatic carbocycles. The molecule has 4 rings (SSSR count). The number of nitrogens with one attached hydrogen (secondary N) is 1. The Morgan fingerprint density at radius 1 is 1.16 bits per heavy atom.